The van der Waals surface area contributed by atoms with Crippen LogP contribution in [-0.4, -0.2) is 23.6 Å². The van der Waals surface area contributed by atoms with E-state index in [0.29, 0.717) is 0 Å². The van der Waals surface area contributed by atoms with E-state index in [1.54, 1.807) is 20.8 Å². The van der Waals surface area contributed by atoms with Crippen LogP contribution in [0.15, 0.2) is 0 Å². The molecule has 0 aliphatic heterocycles. The van der Waals surface area contributed by atoms with Crippen molar-refractivity contribution >= 4 is 12.0 Å². The minimum atomic E-state index is -0.723. The lowest BCUT2D eigenvalue weighted by molar-refractivity contribution is -0.158. The Balaban J connectivity index is 4.50. The van der Waals surface area contributed by atoms with Crippen LogP contribution in [0.4, 0.5) is 4.79 Å². The van der Waals surface area contributed by atoms with Crippen molar-refractivity contribution in [1.82, 2.24) is 5.32 Å². The first-order valence-electron chi connectivity index (χ1n) is 4.92. The van der Waals surface area contributed by atoms with Crippen molar-refractivity contribution in [2.24, 2.45) is 11.7 Å². The third-order valence-electron chi connectivity index (χ3n) is 1.63. The fourth-order valence-electron chi connectivity index (χ4n) is 1.02. The molecule has 1 unspecified atom stereocenters. The summed E-state index contributed by atoms with van der Waals surface area (Å²) in [6.45, 7) is 8.93. The molecule has 0 aliphatic carbocycles. The highest BCUT2D eigenvalue weighted by molar-refractivity contribution is 5.83. The Morgan fingerprint density at radius 2 is 1.73 bits per heavy atom. The maximum atomic E-state index is 11.6. The second-order valence-corrected chi connectivity index (χ2v) is 4.76. The standard InChI is InChI=1S/C10H20N2O3/c1-6(2)7(12-9(11)14)8(13)15-10(3,4)5/h6-7H,1-5H3,(H3,11,12,14). The highest BCUT2D eigenvalue weighted by Gasteiger charge is 2.28. The van der Waals surface area contributed by atoms with Crippen molar-refractivity contribution in [2.75, 3.05) is 0 Å². The topological polar surface area (TPSA) is 81.4 Å². The first-order valence-corrected chi connectivity index (χ1v) is 4.92. The molecule has 3 N–H and O–H groups in total. The van der Waals surface area contributed by atoms with Crippen LogP contribution in [0.5, 0.6) is 0 Å². The van der Waals surface area contributed by atoms with Gasteiger partial charge in [0, 0.05) is 0 Å². The molecule has 0 saturated carbocycles. The van der Waals surface area contributed by atoms with Gasteiger partial charge in [-0.25, -0.2) is 9.59 Å². The van der Waals surface area contributed by atoms with Crippen molar-refractivity contribution in [3.63, 3.8) is 0 Å². The van der Waals surface area contributed by atoms with Gasteiger partial charge in [-0.1, -0.05) is 13.8 Å². The van der Waals surface area contributed by atoms with E-state index in [9.17, 15) is 9.59 Å². The Morgan fingerprint density at radius 3 is 2.00 bits per heavy atom. The number of hydrogen-bond acceptors (Lipinski definition) is 3. The lowest BCUT2D eigenvalue weighted by atomic mass is 10.0. The van der Waals surface area contributed by atoms with E-state index in [2.05, 4.69) is 5.32 Å². The summed E-state index contributed by atoms with van der Waals surface area (Å²) < 4.78 is 5.15. The summed E-state index contributed by atoms with van der Waals surface area (Å²) in [7, 11) is 0. The number of hydrogen-bond donors (Lipinski definition) is 2. The average molecular weight is 216 g/mol. The molecule has 88 valence electrons. The Bertz CT molecular complexity index is 244. The van der Waals surface area contributed by atoms with Gasteiger partial charge in [-0.15, -0.1) is 0 Å². The zero-order valence-electron chi connectivity index (χ0n) is 9.96. The van der Waals surface area contributed by atoms with E-state index in [4.69, 9.17) is 10.5 Å². The number of primary amides is 1. The zero-order valence-corrected chi connectivity index (χ0v) is 9.96. The second-order valence-electron chi connectivity index (χ2n) is 4.76. The molecule has 0 saturated heterocycles. The molecule has 0 aromatic heterocycles. The summed E-state index contributed by atoms with van der Waals surface area (Å²) in [5.74, 6) is -0.524. The van der Waals surface area contributed by atoms with E-state index in [0.717, 1.165) is 0 Å². The molecule has 0 rings (SSSR count). The van der Waals surface area contributed by atoms with Gasteiger partial charge in [-0.3, -0.25) is 0 Å². The van der Waals surface area contributed by atoms with Crippen LogP contribution < -0.4 is 11.1 Å². The van der Waals surface area contributed by atoms with Gasteiger partial charge in [0.25, 0.3) is 0 Å². The smallest absolute Gasteiger partial charge is 0.329 e. The Hall–Kier alpha value is -1.26. The van der Waals surface area contributed by atoms with Gasteiger partial charge in [-0.2, -0.15) is 0 Å². The molecular formula is C10H20N2O3. The van der Waals surface area contributed by atoms with Gasteiger partial charge < -0.3 is 15.8 Å². The molecular weight excluding hydrogens is 196 g/mol. The van der Waals surface area contributed by atoms with E-state index >= 15 is 0 Å². The average Bonchev–Trinajstić information content (AvgIpc) is 1.95. The Kier molecular flexibility index (Phi) is 4.58. The third kappa shape index (κ3) is 5.93. The van der Waals surface area contributed by atoms with Gasteiger partial charge in [-0.05, 0) is 26.7 Å². The predicted octanol–water partition coefficient (Wildman–Crippen LogP) is 1.02. The van der Waals surface area contributed by atoms with Gasteiger partial charge in [0.2, 0.25) is 0 Å². The number of urea groups is 1. The largest absolute Gasteiger partial charge is 0.458 e. The van der Waals surface area contributed by atoms with Gasteiger partial charge >= 0.3 is 12.0 Å². The molecule has 1 atom stereocenters. The van der Waals surface area contributed by atoms with E-state index in [-0.39, 0.29) is 5.92 Å². The lowest BCUT2D eigenvalue weighted by Crippen LogP contribution is -2.49. The van der Waals surface area contributed by atoms with E-state index < -0.39 is 23.6 Å². The molecule has 0 aliphatic rings. The molecule has 5 heteroatoms. The zero-order chi connectivity index (χ0) is 12.2. The molecule has 0 heterocycles. The molecule has 0 radical (unpaired) electrons. The molecule has 0 aromatic carbocycles. The molecule has 2 amide bonds. The number of amides is 2. The summed E-state index contributed by atoms with van der Waals surface area (Å²) in [5.41, 5.74) is 4.41. The van der Waals surface area contributed by atoms with Crippen LogP contribution in [0.2, 0.25) is 0 Å². The first-order chi connectivity index (χ1) is 6.63. The van der Waals surface area contributed by atoms with Crippen molar-refractivity contribution in [3.8, 4) is 0 Å². The van der Waals surface area contributed by atoms with Crippen molar-refractivity contribution in [2.45, 2.75) is 46.3 Å². The number of ether oxygens (including phenoxy) is 1. The number of carbonyl (C=O) groups excluding carboxylic acids is 2. The van der Waals surface area contributed by atoms with Crippen molar-refractivity contribution in [1.29, 1.82) is 0 Å². The maximum Gasteiger partial charge on any atom is 0.329 e. The van der Waals surface area contributed by atoms with Gasteiger partial charge in [0.05, 0.1) is 0 Å². The molecule has 0 aromatic rings. The van der Waals surface area contributed by atoms with E-state index in [1.807, 2.05) is 13.8 Å². The molecule has 0 fully saturated rings. The van der Waals surface area contributed by atoms with Crippen LogP contribution >= 0.6 is 0 Å². The predicted molar refractivity (Wildman–Crippen MR) is 57.2 cm³/mol. The van der Waals surface area contributed by atoms with Gasteiger partial charge in [0.1, 0.15) is 11.6 Å². The number of nitrogens with one attached hydrogen (secondary N) is 1. The Labute approximate surface area is 90.4 Å². The minimum absolute atomic E-state index is 0.0626. The summed E-state index contributed by atoms with van der Waals surface area (Å²) in [6, 6.07) is -1.42. The number of nitrogens with two attached hydrogens (primary N) is 1. The summed E-state index contributed by atoms with van der Waals surface area (Å²) >= 11 is 0. The fourth-order valence-corrected chi connectivity index (χ4v) is 1.02. The first kappa shape index (κ1) is 13.7. The minimum Gasteiger partial charge on any atom is -0.458 e. The highest BCUT2D eigenvalue weighted by atomic mass is 16.6. The van der Waals surface area contributed by atoms with Crippen molar-refractivity contribution < 1.29 is 14.3 Å². The van der Waals surface area contributed by atoms with Gasteiger partial charge in [0.15, 0.2) is 0 Å². The van der Waals surface area contributed by atoms with Crippen LogP contribution in [0.25, 0.3) is 0 Å². The molecule has 15 heavy (non-hydrogen) atoms. The second kappa shape index (κ2) is 5.00. The monoisotopic (exact) mass is 216 g/mol. The quantitative estimate of drug-likeness (QED) is 0.691. The normalized spacial score (nSPS) is 13.5. The molecule has 0 bridgehead atoms. The van der Waals surface area contributed by atoms with Crippen LogP contribution in [-0.2, 0) is 9.53 Å². The SMILES string of the molecule is CC(C)C(NC(N)=O)C(=O)OC(C)(C)C. The summed E-state index contributed by atoms with van der Waals surface area (Å²) in [5, 5.41) is 2.37. The van der Waals surface area contributed by atoms with Crippen LogP contribution in [0.3, 0.4) is 0 Å². The molecule has 0 spiro atoms. The molecule has 5 nitrogen and oxygen atoms in total. The van der Waals surface area contributed by atoms with E-state index in [1.165, 1.54) is 0 Å². The number of carbonyl (C=O) groups is 2. The highest BCUT2D eigenvalue weighted by Crippen LogP contribution is 2.12. The fraction of sp³-hybridized carbons (Fsp3) is 0.800. The van der Waals surface area contributed by atoms with Crippen LogP contribution in [0, 0.1) is 5.92 Å². The summed E-state index contributed by atoms with van der Waals surface area (Å²) in [4.78, 5) is 22.3. The number of esters is 1. The maximum absolute atomic E-state index is 11.6. The van der Waals surface area contributed by atoms with Crippen LogP contribution in [0.1, 0.15) is 34.6 Å². The third-order valence-corrected chi connectivity index (χ3v) is 1.63. The summed E-state index contributed by atoms with van der Waals surface area (Å²) in [6.07, 6.45) is 0. The lowest BCUT2D eigenvalue weighted by Gasteiger charge is -2.25. The Morgan fingerprint density at radius 1 is 1.27 bits per heavy atom. The van der Waals surface area contributed by atoms with Crippen molar-refractivity contribution in [3.05, 3.63) is 0 Å². The number of rotatable bonds is 3.